The number of hydrogen-bond acceptors (Lipinski definition) is 6. The third-order valence-electron chi connectivity index (χ3n) is 4.82. The lowest BCUT2D eigenvalue weighted by Gasteiger charge is -2.39. The fraction of sp³-hybridized carbons (Fsp3) is 0.300. The Morgan fingerprint density at radius 2 is 1.46 bits per heavy atom. The van der Waals surface area contributed by atoms with Crippen molar-refractivity contribution in [1.29, 1.82) is 0 Å². The van der Waals surface area contributed by atoms with E-state index >= 15 is 0 Å². The van der Waals surface area contributed by atoms with Crippen LogP contribution in [0, 0.1) is 0 Å². The van der Waals surface area contributed by atoms with E-state index in [0.717, 1.165) is 21.5 Å². The van der Waals surface area contributed by atoms with Gasteiger partial charge in [-0.05, 0) is 22.2 Å². The summed E-state index contributed by atoms with van der Waals surface area (Å²) >= 11 is 0. The molecule has 0 bridgehead atoms. The van der Waals surface area contributed by atoms with E-state index < -0.39 is 37.3 Å². The van der Waals surface area contributed by atoms with E-state index in [-0.39, 0.29) is 0 Å². The van der Waals surface area contributed by atoms with Crippen molar-refractivity contribution in [3.8, 4) is 5.75 Å². The highest BCUT2D eigenvalue weighted by Gasteiger charge is 2.44. The van der Waals surface area contributed by atoms with E-state index in [4.69, 9.17) is 9.47 Å². The highest BCUT2D eigenvalue weighted by molar-refractivity contribution is 6.10. The molecule has 1 aliphatic rings. The first-order valence-electron chi connectivity index (χ1n) is 8.48. The maximum absolute atomic E-state index is 10.2. The van der Waals surface area contributed by atoms with Crippen LogP contribution >= 0.6 is 0 Å². The summed E-state index contributed by atoms with van der Waals surface area (Å²) < 4.78 is 11.3. The molecule has 0 aliphatic carbocycles. The average molecular weight is 356 g/mol. The number of aliphatic hydroxyl groups excluding tert-OH is 4. The van der Waals surface area contributed by atoms with Gasteiger partial charge < -0.3 is 29.9 Å². The van der Waals surface area contributed by atoms with Gasteiger partial charge in [0.15, 0.2) is 0 Å². The average Bonchev–Trinajstić information content (AvgIpc) is 2.68. The van der Waals surface area contributed by atoms with Gasteiger partial charge in [0.1, 0.15) is 30.2 Å². The smallest absolute Gasteiger partial charge is 0.229 e. The minimum Gasteiger partial charge on any atom is -0.461 e. The van der Waals surface area contributed by atoms with E-state index in [1.807, 2.05) is 54.6 Å². The van der Waals surface area contributed by atoms with Crippen LogP contribution in [0.1, 0.15) is 0 Å². The molecule has 0 aromatic heterocycles. The van der Waals surface area contributed by atoms with Crippen molar-refractivity contribution in [2.75, 3.05) is 6.61 Å². The van der Waals surface area contributed by atoms with E-state index in [0.29, 0.717) is 5.75 Å². The Morgan fingerprint density at radius 1 is 0.808 bits per heavy atom. The van der Waals surface area contributed by atoms with E-state index in [9.17, 15) is 20.4 Å². The van der Waals surface area contributed by atoms with Gasteiger partial charge in [-0.25, -0.2) is 0 Å². The third kappa shape index (κ3) is 2.82. The van der Waals surface area contributed by atoms with Gasteiger partial charge in [-0.1, -0.05) is 48.5 Å². The number of hydrogen-bond donors (Lipinski definition) is 4. The second kappa shape index (κ2) is 6.83. The molecular formula is C20H20O6. The minimum absolute atomic E-state index is 0.489. The molecule has 4 N–H and O–H groups in total. The van der Waals surface area contributed by atoms with Crippen LogP contribution in [-0.4, -0.2) is 57.7 Å². The lowest BCUT2D eigenvalue weighted by molar-refractivity contribution is -0.277. The van der Waals surface area contributed by atoms with Crippen LogP contribution in [0.25, 0.3) is 21.5 Å². The van der Waals surface area contributed by atoms with E-state index in [2.05, 4.69) is 0 Å². The minimum atomic E-state index is -1.47. The molecule has 3 aromatic rings. The number of rotatable bonds is 3. The molecule has 0 saturated carbocycles. The molecule has 3 aromatic carbocycles. The van der Waals surface area contributed by atoms with Gasteiger partial charge in [0.2, 0.25) is 6.29 Å². The summed E-state index contributed by atoms with van der Waals surface area (Å²) in [5.74, 6) is 0.489. The first kappa shape index (κ1) is 17.2. The van der Waals surface area contributed by atoms with Gasteiger partial charge in [0.25, 0.3) is 0 Å². The largest absolute Gasteiger partial charge is 0.461 e. The molecule has 5 atom stereocenters. The zero-order valence-corrected chi connectivity index (χ0v) is 13.9. The maximum Gasteiger partial charge on any atom is 0.229 e. The second-order valence-electron chi connectivity index (χ2n) is 6.46. The van der Waals surface area contributed by atoms with Crippen molar-refractivity contribution < 1.29 is 29.9 Å². The molecule has 6 nitrogen and oxygen atoms in total. The first-order chi connectivity index (χ1) is 12.6. The molecule has 0 unspecified atom stereocenters. The van der Waals surface area contributed by atoms with Gasteiger partial charge >= 0.3 is 0 Å². The zero-order chi connectivity index (χ0) is 18.3. The number of fused-ring (bicyclic) bond motifs is 3. The first-order valence-corrected chi connectivity index (χ1v) is 8.48. The maximum atomic E-state index is 10.2. The Balaban J connectivity index is 1.76. The second-order valence-corrected chi connectivity index (χ2v) is 6.46. The van der Waals surface area contributed by atoms with Crippen LogP contribution < -0.4 is 4.74 Å². The van der Waals surface area contributed by atoms with Crippen molar-refractivity contribution in [2.24, 2.45) is 0 Å². The Bertz CT molecular complexity index is 924. The molecule has 0 spiro atoms. The summed E-state index contributed by atoms with van der Waals surface area (Å²) in [5, 5.41) is 43.3. The van der Waals surface area contributed by atoms with Crippen LogP contribution in [0.5, 0.6) is 5.75 Å². The lowest BCUT2D eigenvalue weighted by Crippen LogP contribution is -2.60. The zero-order valence-electron chi connectivity index (χ0n) is 13.9. The lowest BCUT2D eigenvalue weighted by atomic mass is 9.99. The fourth-order valence-corrected chi connectivity index (χ4v) is 3.41. The molecule has 26 heavy (non-hydrogen) atoms. The summed E-state index contributed by atoms with van der Waals surface area (Å²) in [7, 11) is 0. The van der Waals surface area contributed by atoms with Gasteiger partial charge in [-0.2, -0.15) is 0 Å². The predicted octanol–water partition coefficient (Wildman–Crippen LogP) is 1.17. The van der Waals surface area contributed by atoms with Gasteiger partial charge in [-0.15, -0.1) is 0 Å². The summed E-state index contributed by atoms with van der Waals surface area (Å²) in [6.45, 7) is -0.497. The van der Waals surface area contributed by atoms with Crippen molar-refractivity contribution in [3.05, 3.63) is 54.6 Å². The van der Waals surface area contributed by atoms with Crippen LogP contribution in [-0.2, 0) is 4.74 Å². The molecular weight excluding hydrogens is 336 g/mol. The van der Waals surface area contributed by atoms with Crippen molar-refractivity contribution in [3.63, 3.8) is 0 Å². The Kier molecular flexibility index (Phi) is 4.52. The molecule has 6 heteroatoms. The Hall–Kier alpha value is -2.22. The van der Waals surface area contributed by atoms with E-state index in [1.54, 1.807) is 0 Å². The van der Waals surface area contributed by atoms with Gasteiger partial charge in [0.05, 0.1) is 6.61 Å². The number of benzene rings is 3. The molecule has 1 aliphatic heterocycles. The van der Waals surface area contributed by atoms with Crippen LogP contribution in [0.15, 0.2) is 54.6 Å². The number of aliphatic hydroxyl groups is 4. The van der Waals surface area contributed by atoms with E-state index in [1.165, 1.54) is 0 Å². The monoisotopic (exact) mass is 356 g/mol. The standard InChI is InChI=1S/C20H20O6/c21-10-16-17(22)18(23)19(24)20(26-16)25-15-9-11-5-1-2-6-12(11)13-7-3-4-8-14(13)15/h1-9,16-24H,10H2/t16-,17-,18+,19-,20-/m1/s1. The van der Waals surface area contributed by atoms with Gasteiger partial charge in [0, 0.05) is 5.39 Å². The molecule has 0 radical (unpaired) electrons. The molecule has 1 saturated heterocycles. The van der Waals surface area contributed by atoms with Crippen LogP contribution in [0.2, 0.25) is 0 Å². The molecule has 1 heterocycles. The molecule has 1 fully saturated rings. The molecule has 0 amide bonds. The summed E-state index contributed by atoms with van der Waals surface area (Å²) in [6.07, 6.45) is -6.56. The third-order valence-corrected chi connectivity index (χ3v) is 4.82. The Morgan fingerprint density at radius 3 is 2.19 bits per heavy atom. The fourth-order valence-electron chi connectivity index (χ4n) is 3.41. The van der Waals surface area contributed by atoms with Crippen molar-refractivity contribution in [1.82, 2.24) is 0 Å². The topological polar surface area (TPSA) is 99.4 Å². The predicted molar refractivity (Wildman–Crippen MR) is 95.8 cm³/mol. The molecule has 136 valence electrons. The summed E-state index contributed by atoms with van der Waals surface area (Å²) in [5.41, 5.74) is 0. The number of ether oxygens (including phenoxy) is 2. The van der Waals surface area contributed by atoms with Crippen LogP contribution in [0.4, 0.5) is 0 Å². The molecule has 4 rings (SSSR count). The summed E-state index contributed by atoms with van der Waals surface area (Å²) in [4.78, 5) is 0. The van der Waals surface area contributed by atoms with Crippen molar-refractivity contribution >= 4 is 21.5 Å². The highest BCUT2D eigenvalue weighted by atomic mass is 16.7. The van der Waals surface area contributed by atoms with Crippen molar-refractivity contribution in [2.45, 2.75) is 30.7 Å². The Labute approximate surface area is 149 Å². The SMILES string of the molecule is OC[C@H]1O[C@@H](Oc2cc3ccccc3c3ccccc23)[C@H](O)[C@@H](O)[C@@H]1O. The van der Waals surface area contributed by atoms with Crippen LogP contribution in [0.3, 0.4) is 0 Å². The summed E-state index contributed by atoms with van der Waals surface area (Å²) in [6, 6.07) is 17.4. The normalized spacial score (nSPS) is 29.2. The quantitative estimate of drug-likeness (QED) is 0.526. The highest BCUT2D eigenvalue weighted by Crippen LogP contribution is 2.35. The van der Waals surface area contributed by atoms with Gasteiger partial charge in [-0.3, -0.25) is 0 Å².